The molecule has 53 valence electrons. The molecule has 4 nitrogen and oxygen atoms in total. The van der Waals surface area contributed by atoms with Crippen molar-refractivity contribution in [3.8, 4) is 0 Å². The lowest BCUT2D eigenvalue weighted by Gasteiger charge is -2.07. The van der Waals surface area contributed by atoms with Gasteiger partial charge < -0.3 is 10.2 Å². The van der Waals surface area contributed by atoms with Crippen LogP contribution < -0.4 is 11.1 Å². The molecule has 1 aliphatic rings. The molecule has 1 radical (unpaired) electrons. The van der Waals surface area contributed by atoms with Crippen LogP contribution in [0.4, 0.5) is 0 Å². The molecule has 0 saturated carbocycles. The fraction of sp³-hybridized carbons (Fsp3) is 0.167. The van der Waals surface area contributed by atoms with Gasteiger partial charge in [0.25, 0.3) is 5.91 Å². The van der Waals surface area contributed by atoms with Gasteiger partial charge in [-0.2, -0.15) is 0 Å². The molecule has 1 amide bonds. The highest BCUT2D eigenvalue weighted by molar-refractivity contribution is 5.92. The van der Waals surface area contributed by atoms with E-state index in [2.05, 4.69) is 5.32 Å². The summed E-state index contributed by atoms with van der Waals surface area (Å²) in [6.07, 6.45) is 4.52. The van der Waals surface area contributed by atoms with Gasteiger partial charge in [-0.3, -0.25) is 10.5 Å². The molecule has 0 aromatic heterocycles. The summed E-state index contributed by atoms with van der Waals surface area (Å²) >= 11 is 0. The second kappa shape index (κ2) is 2.43. The molecule has 0 spiro atoms. The molecule has 0 aliphatic carbocycles. The monoisotopic (exact) mass is 138 g/mol. The lowest BCUT2D eigenvalue weighted by molar-refractivity contribution is -0.123. The van der Waals surface area contributed by atoms with E-state index in [0.29, 0.717) is 0 Å². The number of rotatable bonds is 0. The third-order valence-electron chi connectivity index (χ3n) is 1.17. The first kappa shape index (κ1) is 6.67. The van der Waals surface area contributed by atoms with Crippen molar-refractivity contribution in [1.82, 2.24) is 16.0 Å². The average molecular weight is 138 g/mol. The summed E-state index contributed by atoms with van der Waals surface area (Å²) in [6.45, 7) is 0. The van der Waals surface area contributed by atoms with Gasteiger partial charge in [-0.1, -0.05) is 0 Å². The smallest absolute Gasteiger partial charge is 0.276 e. The zero-order valence-corrected chi connectivity index (χ0v) is 5.59. The van der Waals surface area contributed by atoms with Crippen molar-refractivity contribution in [2.75, 3.05) is 7.05 Å². The van der Waals surface area contributed by atoms with Crippen LogP contribution in [0.25, 0.3) is 0 Å². The number of carbonyl (C=O) groups is 1. The van der Waals surface area contributed by atoms with Crippen molar-refractivity contribution in [3.63, 3.8) is 0 Å². The Morgan fingerprint density at radius 3 is 3.10 bits per heavy atom. The molecule has 2 N–H and O–H groups in total. The number of amides is 1. The number of carbonyl (C=O) groups excluding carboxylic acids is 1. The highest BCUT2D eigenvalue weighted by Crippen LogP contribution is 1.97. The summed E-state index contributed by atoms with van der Waals surface area (Å²) in [4.78, 5) is 12.3. The van der Waals surface area contributed by atoms with Gasteiger partial charge >= 0.3 is 0 Å². The minimum Gasteiger partial charge on any atom is -0.364 e. The van der Waals surface area contributed by atoms with E-state index in [-0.39, 0.29) is 11.6 Å². The van der Waals surface area contributed by atoms with Crippen LogP contribution in [-0.2, 0) is 4.79 Å². The van der Waals surface area contributed by atoms with Gasteiger partial charge in [-0.25, -0.2) is 0 Å². The van der Waals surface area contributed by atoms with Gasteiger partial charge in [-0.05, 0) is 0 Å². The lowest BCUT2D eigenvalue weighted by atomic mass is 10.4. The van der Waals surface area contributed by atoms with Gasteiger partial charge in [0, 0.05) is 25.6 Å². The largest absolute Gasteiger partial charge is 0.364 e. The van der Waals surface area contributed by atoms with Crippen LogP contribution in [0.15, 0.2) is 24.3 Å². The topological polar surface area (TPSA) is 56.1 Å². The molecule has 1 heterocycles. The summed E-state index contributed by atoms with van der Waals surface area (Å²) in [5, 5.41) is 2.67. The zero-order valence-electron chi connectivity index (χ0n) is 5.59. The molecule has 0 bridgehead atoms. The minimum atomic E-state index is -0.304. The van der Waals surface area contributed by atoms with E-state index in [1.54, 1.807) is 19.4 Å². The van der Waals surface area contributed by atoms with Gasteiger partial charge in [0.2, 0.25) is 0 Å². The summed E-state index contributed by atoms with van der Waals surface area (Å²) < 4.78 is 0. The van der Waals surface area contributed by atoms with Crippen molar-refractivity contribution in [3.05, 3.63) is 24.3 Å². The van der Waals surface area contributed by atoms with E-state index in [1.807, 2.05) is 0 Å². The molecule has 0 atom stereocenters. The third kappa shape index (κ3) is 1.10. The fourth-order valence-corrected chi connectivity index (χ4v) is 0.606. The van der Waals surface area contributed by atoms with E-state index in [9.17, 15) is 4.79 Å². The molecule has 0 aromatic carbocycles. The third-order valence-corrected chi connectivity index (χ3v) is 1.17. The quantitative estimate of drug-likeness (QED) is 0.497. The van der Waals surface area contributed by atoms with E-state index in [0.717, 1.165) is 0 Å². The zero-order chi connectivity index (χ0) is 7.56. The SMILES string of the molecule is CN1C=CNC=C([NH])C1=O. The number of hydrogen-bond donors (Lipinski definition) is 1. The van der Waals surface area contributed by atoms with Gasteiger partial charge in [0.15, 0.2) is 0 Å². The van der Waals surface area contributed by atoms with Crippen molar-refractivity contribution in [2.24, 2.45) is 0 Å². The first-order valence-corrected chi connectivity index (χ1v) is 2.83. The Morgan fingerprint density at radius 1 is 1.70 bits per heavy atom. The molecule has 0 fully saturated rings. The molecular formula is C6H8N3O. The lowest BCUT2D eigenvalue weighted by Crippen LogP contribution is -2.22. The Bertz CT molecular complexity index is 207. The molecule has 1 rings (SSSR count). The predicted octanol–water partition coefficient (Wildman–Crippen LogP) is -0.357. The van der Waals surface area contributed by atoms with E-state index in [1.165, 1.54) is 11.1 Å². The number of hydrogen-bond acceptors (Lipinski definition) is 2. The van der Waals surface area contributed by atoms with Gasteiger partial charge in [-0.15, -0.1) is 0 Å². The molecule has 4 heteroatoms. The van der Waals surface area contributed by atoms with Crippen LogP contribution in [0.1, 0.15) is 0 Å². The molecule has 0 unspecified atom stereocenters. The standard InChI is InChI=1S/C6H8N3O/c1-9-3-2-8-4-5(7)6(9)10/h2-4,7-8H,1H3. The van der Waals surface area contributed by atoms with Gasteiger partial charge in [0.1, 0.15) is 5.70 Å². The maximum absolute atomic E-state index is 10.9. The Balaban J connectivity index is 2.85. The summed E-state index contributed by atoms with van der Waals surface area (Å²) in [5.41, 5.74) is 7.08. The molecule has 0 saturated heterocycles. The van der Waals surface area contributed by atoms with Crippen molar-refractivity contribution in [1.29, 1.82) is 0 Å². The Kier molecular flexibility index (Phi) is 1.62. The van der Waals surface area contributed by atoms with Crippen LogP contribution in [0.5, 0.6) is 0 Å². The van der Waals surface area contributed by atoms with E-state index >= 15 is 0 Å². The van der Waals surface area contributed by atoms with E-state index < -0.39 is 0 Å². The first-order chi connectivity index (χ1) is 4.72. The number of nitrogens with zero attached hydrogens (tertiary/aromatic N) is 1. The summed E-state index contributed by atoms with van der Waals surface area (Å²) in [6, 6.07) is 0. The summed E-state index contributed by atoms with van der Waals surface area (Å²) in [5.74, 6) is -0.304. The van der Waals surface area contributed by atoms with Crippen molar-refractivity contribution in [2.45, 2.75) is 0 Å². The van der Waals surface area contributed by atoms with E-state index in [4.69, 9.17) is 5.73 Å². The molecular weight excluding hydrogens is 130 g/mol. The summed E-state index contributed by atoms with van der Waals surface area (Å²) in [7, 11) is 1.61. The van der Waals surface area contributed by atoms with Crippen LogP contribution in [0.2, 0.25) is 0 Å². The maximum atomic E-state index is 10.9. The number of nitrogens with one attached hydrogen (secondary N) is 2. The predicted molar refractivity (Wildman–Crippen MR) is 36.2 cm³/mol. The highest BCUT2D eigenvalue weighted by atomic mass is 16.2. The van der Waals surface area contributed by atoms with Crippen LogP contribution in [0, 0.1) is 0 Å². The van der Waals surface area contributed by atoms with Crippen molar-refractivity contribution >= 4 is 5.91 Å². The molecule has 10 heavy (non-hydrogen) atoms. The first-order valence-electron chi connectivity index (χ1n) is 2.83. The normalized spacial score (nSPS) is 17.9. The van der Waals surface area contributed by atoms with Crippen LogP contribution in [0.3, 0.4) is 0 Å². The molecule has 0 aromatic rings. The Hall–Kier alpha value is -1.45. The van der Waals surface area contributed by atoms with Gasteiger partial charge in [0.05, 0.1) is 0 Å². The van der Waals surface area contributed by atoms with Crippen molar-refractivity contribution < 1.29 is 4.79 Å². The highest BCUT2D eigenvalue weighted by Gasteiger charge is 2.10. The second-order valence-corrected chi connectivity index (χ2v) is 1.96. The average Bonchev–Trinajstić information content (AvgIpc) is 2.04. The Morgan fingerprint density at radius 2 is 2.40 bits per heavy atom. The second-order valence-electron chi connectivity index (χ2n) is 1.96. The van der Waals surface area contributed by atoms with Crippen LogP contribution in [-0.4, -0.2) is 17.9 Å². The molecule has 1 aliphatic heterocycles. The maximum Gasteiger partial charge on any atom is 0.276 e. The Labute approximate surface area is 59.0 Å². The minimum absolute atomic E-state index is 0.0347. The van der Waals surface area contributed by atoms with Crippen LogP contribution >= 0.6 is 0 Å². The fourth-order valence-electron chi connectivity index (χ4n) is 0.606. The number of likely N-dealkylation sites (N-methyl/N-ethyl adjacent to an activating group) is 1.